The molecule has 0 unspecified atom stereocenters. The van der Waals surface area contributed by atoms with Gasteiger partial charge >= 0.3 is 0 Å². The molecule has 2 aromatic rings. The molecule has 136 valence electrons. The average molecular weight is 352 g/mol. The second kappa shape index (κ2) is 6.98. The van der Waals surface area contributed by atoms with Crippen molar-refractivity contribution in [1.29, 1.82) is 0 Å². The summed E-state index contributed by atoms with van der Waals surface area (Å²) >= 11 is 0. The van der Waals surface area contributed by atoms with E-state index in [4.69, 9.17) is 4.42 Å². The van der Waals surface area contributed by atoms with Crippen LogP contribution in [0.15, 0.2) is 34.7 Å². The minimum atomic E-state index is 0.0256. The molecule has 0 spiro atoms. The Morgan fingerprint density at radius 1 is 1.27 bits per heavy atom. The maximum atomic E-state index is 12.3. The van der Waals surface area contributed by atoms with Crippen LogP contribution in [0.2, 0.25) is 0 Å². The Bertz CT molecular complexity index is 836. The van der Waals surface area contributed by atoms with Gasteiger partial charge in [-0.25, -0.2) is 0 Å². The molecule has 5 heteroatoms. The average Bonchev–Trinajstić information content (AvgIpc) is 3.39. The highest BCUT2D eigenvalue weighted by atomic mass is 16.3. The molecule has 0 saturated heterocycles. The van der Waals surface area contributed by atoms with Gasteiger partial charge in [-0.05, 0) is 37.5 Å². The highest BCUT2D eigenvalue weighted by Crippen LogP contribution is 2.35. The van der Waals surface area contributed by atoms with Gasteiger partial charge in [0.1, 0.15) is 11.5 Å². The molecule has 5 nitrogen and oxygen atoms in total. The standard InChI is InChI=1S/C21H24N2O3/c1-2-4-20(24)22-17-6-3-5-15(11-17)19-12-16-13-23(10-9-18(16)26-19)21(25)14-7-8-14/h3,5-6,11-12,14H,2,4,7-10,13H2,1H3,(H,22,24). The first-order valence-corrected chi connectivity index (χ1v) is 9.44. The Balaban J connectivity index is 1.51. The monoisotopic (exact) mass is 352 g/mol. The number of fused-ring (bicyclic) bond motifs is 1. The summed E-state index contributed by atoms with van der Waals surface area (Å²) in [7, 11) is 0. The van der Waals surface area contributed by atoms with Crippen LogP contribution in [-0.2, 0) is 22.6 Å². The number of benzene rings is 1. The van der Waals surface area contributed by atoms with Crippen molar-refractivity contribution in [2.75, 3.05) is 11.9 Å². The van der Waals surface area contributed by atoms with Crippen molar-refractivity contribution < 1.29 is 14.0 Å². The largest absolute Gasteiger partial charge is 0.461 e. The Kier molecular flexibility index (Phi) is 4.53. The van der Waals surface area contributed by atoms with Gasteiger partial charge in [-0.1, -0.05) is 19.1 Å². The van der Waals surface area contributed by atoms with E-state index in [1.54, 1.807) is 0 Å². The van der Waals surface area contributed by atoms with Crippen LogP contribution in [-0.4, -0.2) is 23.3 Å². The van der Waals surface area contributed by atoms with E-state index in [2.05, 4.69) is 5.32 Å². The zero-order valence-electron chi connectivity index (χ0n) is 15.1. The second-order valence-electron chi connectivity index (χ2n) is 7.22. The van der Waals surface area contributed by atoms with E-state index in [1.165, 1.54) is 0 Å². The number of furan rings is 1. The molecule has 1 saturated carbocycles. The van der Waals surface area contributed by atoms with Gasteiger partial charge in [0.15, 0.2) is 0 Å². The van der Waals surface area contributed by atoms with Gasteiger partial charge in [-0.2, -0.15) is 0 Å². The summed E-state index contributed by atoms with van der Waals surface area (Å²) in [5, 5.41) is 2.92. The molecule has 1 aromatic heterocycles. The van der Waals surface area contributed by atoms with Crippen LogP contribution in [0, 0.1) is 5.92 Å². The fourth-order valence-corrected chi connectivity index (χ4v) is 3.45. The number of amides is 2. The van der Waals surface area contributed by atoms with E-state index in [0.717, 1.165) is 60.6 Å². The summed E-state index contributed by atoms with van der Waals surface area (Å²) in [6.45, 7) is 3.37. The lowest BCUT2D eigenvalue weighted by atomic mass is 10.1. The van der Waals surface area contributed by atoms with Gasteiger partial charge in [0.05, 0.1) is 0 Å². The maximum absolute atomic E-state index is 12.3. The third kappa shape index (κ3) is 3.52. The third-order valence-electron chi connectivity index (χ3n) is 5.01. The van der Waals surface area contributed by atoms with Crippen LogP contribution in [0.25, 0.3) is 11.3 Å². The number of hydrogen-bond donors (Lipinski definition) is 1. The smallest absolute Gasteiger partial charge is 0.225 e. The van der Waals surface area contributed by atoms with E-state index < -0.39 is 0 Å². The van der Waals surface area contributed by atoms with Gasteiger partial charge in [0.25, 0.3) is 0 Å². The SMILES string of the molecule is CCCC(=O)Nc1cccc(-c2cc3c(o2)CCN(C(=O)C2CC2)C3)c1. The van der Waals surface area contributed by atoms with Crippen LogP contribution in [0.1, 0.15) is 43.9 Å². The number of hydrogen-bond acceptors (Lipinski definition) is 3. The summed E-state index contributed by atoms with van der Waals surface area (Å²) in [6.07, 6.45) is 4.18. The molecule has 0 radical (unpaired) electrons. The highest BCUT2D eigenvalue weighted by molar-refractivity contribution is 5.91. The van der Waals surface area contributed by atoms with Crippen molar-refractivity contribution in [2.24, 2.45) is 5.92 Å². The van der Waals surface area contributed by atoms with Crippen molar-refractivity contribution >= 4 is 17.5 Å². The molecular formula is C21H24N2O3. The molecule has 0 atom stereocenters. The quantitative estimate of drug-likeness (QED) is 0.885. The Hall–Kier alpha value is -2.56. The lowest BCUT2D eigenvalue weighted by molar-refractivity contribution is -0.133. The summed E-state index contributed by atoms with van der Waals surface area (Å²) in [6, 6.07) is 9.75. The van der Waals surface area contributed by atoms with Crippen LogP contribution in [0.4, 0.5) is 5.69 Å². The maximum Gasteiger partial charge on any atom is 0.225 e. The first-order chi connectivity index (χ1) is 12.6. The van der Waals surface area contributed by atoms with Gasteiger partial charge < -0.3 is 14.6 Å². The minimum Gasteiger partial charge on any atom is -0.461 e. The molecule has 2 amide bonds. The first-order valence-electron chi connectivity index (χ1n) is 9.44. The Morgan fingerprint density at radius 2 is 2.12 bits per heavy atom. The molecule has 1 aromatic carbocycles. The van der Waals surface area contributed by atoms with E-state index in [0.29, 0.717) is 18.9 Å². The number of anilines is 1. The predicted molar refractivity (Wildman–Crippen MR) is 99.5 cm³/mol. The molecule has 2 aliphatic rings. The second-order valence-corrected chi connectivity index (χ2v) is 7.22. The fraction of sp³-hybridized carbons (Fsp3) is 0.429. The van der Waals surface area contributed by atoms with E-state index in [9.17, 15) is 9.59 Å². The molecule has 2 heterocycles. The van der Waals surface area contributed by atoms with E-state index >= 15 is 0 Å². The molecule has 4 rings (SSSR count). The molecule has 1 fully saturated rings. The third-order valence-corrected chi connectivity index (χ3v) is 5.01. The normalized spacial score (nSPS) is 16.3. The van der Waals surface area contributed by atoms with Gasteiger partial charge in [-0.15, -0.1) is 0 Å². The number of carbonyl (C=O) groups excluding carboxylic acids is 2. The topological polar surface area (TPSA) is 62.6 Å². The van der Waals surface area contributed by atoms with Crippen molar-refractivity contribution in [2.45, 2.75) is 45.6 Å². The van der Waals surface area contributed by atoms with Crippen LogP contribution in [0.5, 0.6) is 0 Å². The zero-order valence-corrected chi connectivity index (χ0v) is 15.1. The van der Waals surface area contributed by atoms with E-state index in [-0.39, 0.29) is 11.8 Å². The predicted octanol–water partition coefficient (Wildman–Crippen LogP) is 3.98. The molecule has 26 heavy (non-hydrogen) atoms. The molecular weight excluding hydrogens is 328 g/mol. The summed E-state index contributed by atoms with van der Waals surface area (Å²) in [5.41, 5.74) is 2.82. The number of nitrogens with zero attached hydrogens (tertiary/aromatic N) is 1. The molecule has 1 aliphatic heterocycles. The van der Waals surface area contributed by atoms with E-state index in [1.807, 2.05) is 42.2 Å². The van der Waals surface area contributed by atoms with Gasteiger partial charge in [0, 0.05) is 48.7 Å². The lowest BCUT2D eigenvalue weighted by Crippen LogP contribution is -2.36. The van der Waals surface area contributed by atoms with Gasteiger partial charge in [-0.3, -0.25) is 9.59 Å². The van der Waals surface area contributed by atoms with Gasteiger partial charge in [0.2, 0.25) is 11.8 Å². The molecule has 1 N–H and O–H groups in total. The fourth-order valence-electron chi connectivity index (χ4n) is 3.45. The van der Waals surface area contributed by atoms with Crippen molar-refractivity contribution in [3.8, 4) is 11.3 Å². The van der Waals surface area contributed by atoms with Crippen LogP contribution < -0.4 is 5.32 Å². The van der Waals surface area contributed by atoms with Crippen molar-refractivity contribution in [1.82, 2.24) is 4.90 Å². The lowest BCUT2D eigenvalue weighted by Gasteiger charge is -2.26. The molecule has 0 bridgehead atoms. The number of nitrogens with one attached hydrogen (secondary N) is 1. The van der Waals surface area contributed by atoms with Crippen LogP contribution >= 0.6 is 0 Å². The summed E-state index contributed by atoms with van der Waals surface area (Å²) < 4.78 is 6.05. The highest BCUT2D eigenvalue weighted by Gasteiger charge is 2.35. The summed E-state index contributed by atoms with van der Waals surface area (Å²) in [4.78, 5) is 26.1. The molecule has 1 aliphatic carbocycles. The zero-order chi connectivity index (χ0) is 18.1. The Morgan fingerprint density at radius 3 is 2.88 bits per heavy atom. The summed E-state index contributed by atoms with van der Waals surface area (Å²) in [5.74, 6) is 2.34. The number of rotatable bonds is 5. The Labute approximate surface area is 153 Å². The number of carbonyl (C=O) groups is 2. The first kappa shape index (κ1) is 16.9. The van der Waals surface area contributed by atoms with Crippen LogP contribution in [0.3, 0.4) is 0 Å². The van der Waals surface area contributed by atoms with Crippen molar-refractivity contribution in [3.05, 3.63) is 41.7 Å². The minimum absolute atomic E-state index is 0.0256. The van der Waals surface area contributed by atoms with Crippen molar-refractivity contribution in [3.63, 3.8) is 0 Å².